The predicted octanol–water partition coefficient (Wildman–Crippen LogP) is 6.22. The molecule has 0 bridgehead atoms. The molecule has 7 nitrogen and oxygen atoms in total. The van der Waals surface area contributed by atoms with E-state index >= 15 is 0 Å². The topological polar surface area (TPSA) is 73.1 Å². The van der Waals surface area contributed by atoms with Gasteiger partial charge in [-0.1, -0.05) is 43.3 Å². The maximum atomic E-state index is 13.4. The second-order valence-electron chi connectivity index (χ2n) is 9.85. The van der Waals surface area contributed by atoms with E-state index in [2.05, 4.69) is 29.1 Å². The number of alkyl halides is 3. The Morgan fingerprint density at radius 1 is 1.08 bits per heavy atom. The maximum absolute atomic E-state index is 13.4. The van der Waals surface area contributed by atoms with E-state index in [1.165, 1.54) is 4.68 Å². The van der Waals surface area contributed by atoms with E-state index in [1.54, 1.807) is 43.8 Å². The van der Waals surface area contributed by atoms with Crippen molar-refractivity contribution in [1.82, 2.24) is 20.0 Å². The Morgan fingerprint density at radius 2 is 1.87 bits per heavy atom. The molecule has 0 saturated carbocycles. The number of ether oxygens (including phenoxy) is 1. The van der Waals surface area contributed by atoms with Crippen LogP contribution in [0.15, 0.2) is 67.0 Å². The molecule has 0 aliphatic carbocycles. The molecular weight excluding hydrogens is 507 g/mol. The molecule has 1 unspecified atom stereocenters. The van der Waals surface area contributed by atoms with Crippen LogP contribution < -0.4 is 9.64 Å². The number of halogens is 3. The summed E-state index contributed by atoms with van der Waals surface area (Å²) in [6, 6.07) is 15.4. The zero-order valence-electron chi connectivity index (χ0n) is 21.8. The molecule has 0 saturated heterocycles. The minimum Gasteiger partial charge on any atom is -0.496 e. The summed E-state index contributed by atoms with van der Waals surface area (Å²) in [7, 11) is 1.58. The highest BCUT2D eigenvalue weighted by Gasteiger charge is 2.39. The quantitative estimate of drug-likeness (QED) is 0.293. The lowest BCUT2D eigenvalue weighted by Gasteiger charge is -2.26. The lowest BCUT2D eigenvalue weighted by atomic mass is 9.99. The molecule has 2 aromatic heterocycles. The Kier molecular flexibility index (Phi) is 7.12. The zero-order valence-corrected chi connectivity index (χ0v) is 21.8. The lowest BCUT2D eigenvalue weighted by molar-refractivity contribution is -0.134. The largest absolute Gasteiger partial charge is 0.496 e. The van der Waals surface area contributed by atoms with E-state index in [0.29, 0.717) is 35.4 Å². The van der Waals surface area contributed by atoms with E-state index in [0.717, 1.165) is 21.7 Å². The van der Waals surface area contributed by atoms with E-state index < -0.39 is 24.7 Å². The fourth-order valence-corrected chi connectivity index (χ4v) is 4.87. The van der Waals surface area contributed by atoms with Gasteiger partial charge in [0.15, 0.2) is 0 Å². The highest BCUT2D eigenvalue weighted by atomic mass is 19.4. The van der Waals surface area contributed by atoms with Crippen LogP contribution in [0.25, 0.3) is 22.4 Å². The molecule has 1 atom stereocenters. The van der Waals surface area contributed by atoms with Gasteiger partial charge in [0.1, 0.15) is 24.0 Å². The number of nitrogens with zero attached hydrogens (tertiary/aromatic N) is 5. The summed E-state index contributed by atoms with van der Waals surface area (Å²) in [5, 5.41) is 8.40. The molecule has 0 N–H and O–H groups in total. The van der Waals surface area contributed by atoms with Crippen molar-refractivity contribution in [3.05, 3.63) is 78.2 Å². The smallest absolute Gasteiger partial charge is 0.406 e. The molecule has 1 amide bonds. The van der Waals surface area contributed by atoms with Gasteiger partial charge in [0, 0.05) is 28.7 Å². The Balaban J connectivity index is 1.46. The number of para-hydroxylation sites is 1. The van der Waals surface area contributed by atoms with E-state index in [1.807, 2.05) is 30.3 Å². The molecule has 0 fully saturated rings. The summed E-state index contributed by atoms with van der Waals surface area (Å²) in [4.78, 5) is 18.7. The minimum atomic E-state index is -4.55. The highest BCUT2D eigenvalue weighted by molar-refractivity contribution is 5.97. The van der Waals surface area contributed by atoms with Crippen molar-refractivity contribution in [3.63, 3.8) is 0 Å². The number of benzene rings is 2. The molecule has 1 aliphatic rings. The number of aromatic nitrogens is 4. The van der Waals surface area contributed by atoms with Crippen molar-refractivity contribution in [3.8, 4) is 28.1 Å². The number of anilines is 1. The Bertz CT molecular complexity index is 1500. The summed E-state index contributed by atoms with van der Waals surface area (Å²) < 4.78 is 47.4. The predicted molar refractivity (Wildman–Crippen MR) is 142 cm³/mol. The van der Waals surface area contributed by atoms with Gasteiger partial charge in [0.2, 0.25) is 0 Å². The monoisotopic (exact) mass is 535 g/mol. The van der Waals surface area contributed by atoms with Crippen LogP contribution >= 0.6 is 0 Å². The van der Waals surface area contributed by atoms with Crippen LogP contribution in [0.1, 0.15) is 43.5 Å². The average Bonchev–Trinajstić information content (AvgIpc) is 3.36. The number of rotatable bonds is 6. The van der Waals surface area contributed by atoms with Gasteiger partial charge in [-0.2, -0.15) is 13.2 Å². The van der Waals surface area contributed by atoms with Gasteiger partial charge in [-0.3, -0.25) is 9.78 Å². The molecular formula is C29H28F3N5O2. The number of fused-ring (bicyclic) bond motifs is 1. The molecule has 0 spiro atoms. The third-order valence-corrected chi connectivity index (χ3v) is 6.87. The molecule has 39 heavy (non-hydrogen) atoms. The van der Waals surface area contributed by atoms with Crippen LogP contribution in [-0.2, 0) is 11.2 Å². The normalized spacial score (nSPS) is 15.8. The third-order valence-electron chi connectivity index (χ3n) is 6.87. The standard InChI is InChI=1S/C29H28F3N5O2/c1-18(2)23-14-20(12-13-33-23)22-10-8-21(15-27(22)39-3)24-16-37(35-34-24)26-11-9-19-6-4-5-7-25(19)36(28(26)38)17-29(30,31)32/h4-8,10,12-16,18,26H,9,11,17H2,1-3H3. The number of amides is 1. The molecule has 0 radical (unpaired) electrons. The number of carbonyl (C=O) groups excluding carboxylic acids is 1. The minimum absolute atomic E-state index is 0.275. The van der Waals surface area contributed by atoms with Gasteiger partial charge < -0.3 is 9.64 Å². The SMILES string of the molecule is COc1cc(-c2cn(C3CCc4ccccc4N(CC(F)(F)F)C3=O)nn2)ccc1-c1ccnc(C(C)C)c1. The first-order valence-electron chi connectivity index (χ1n) is 12.7. The molecule has 3 heterocycles. The molecule has 1 aliphatic heterocycles. The van der Waals surface area contributed by atoms with Crippen molar-refractivity contribution >= 4 is 11.6 Å². The summed E-state index contributed by atoms with van der Waals surface area (Å²) in [6.07, 6.45) is -0.442. The second-order valence-corrected chi connectivity index (χ2v) is 9.85. The number of carbonyl (C=O) groups is 1. The molecule has 5 rings (SSSR count). The van der Waals surface area contributed by atoms with E-state index in [-0.39, 0.29) is 11.6 Å². The Hall–Kier alpha value is -4.21. The van der Waals surface area contributed by atoms with Crippen molar-refractivity contribution in [1.29, 1.82) is 0 Å². The summed E-state index contributed by atoms with van der Waals surface area (Å²) in [5.74, 6) is 0.234. The number of methoxy groups -OCH3 is 1. The van der Waals surface area contributed by atoms with Gasteiger partial charge in [0.25, 0.3) is 5.91 Å². The van der Waals surface area contributed by atoms with Crippen LogP contribution in [0.3, 0.4) is 0 Å². The van der Waals surface area contributed by atoms with Gasteiger partial charge >= 0.3 is 6.18 Å². The van der Waals surface area contributed by atoms with Crippen LogP contribution in [0.4, 0.5) is 18.9 Å². The third kappa shape index (κ3) is 5.50. The number of pyridine rings is 1. The fraction of sp³-hybridized carbons (Fsp3) is 0.310. The number of hydrogen-bond acceptors (Lipinski definition) is 5. The highest BCUT2D eigenvalue weighted by Crippen LogP contribution is 2.36. The van der Waals surface area contributed by atoms with Crippen LogP contribution in [-0.4, -0.2) is 45.7 Å². The van der Waals surface area contributed by atoms with Crippen LogP contribution in [0.5, 0.6) is 5.75 Å². The fourth-order valence-electron chi connectivity index (χ4n) is 4.87. The first kappa shape index (κ1) is 26.4. The van der Waals surface area contributed by atoms with Crippen LogP contribution in [0.2, 0.25) is 0 Å². The van der Waals surface area contributed by atoms with Gasteiger partial charge in [-0.05, 0) is 60.2 Å². The number of hydrogen-bond donors (Lipinski definition) is 0. The lowest BCUT2D eigenvalue weighted by Crippen LogP contribution is -2.42. The summed E-state index contributed by atoms with van der Waals surface area (Å²) >= 11 is 0. The Morgan fingerprint density at radius 3 is 2.62 bits per heavy atom. The van der Waals surface area contributed by atoms with Crippen LogP contribution in [0, 0.1) is 0 Å². The molecule has 202 valence electrons. The molecule has 2 aromatic carbocycles. The average molecular weight is 536 g/mol. The Labute approximate surface area is 224 Å². The van der Waals surface area contributed by atoms with Gasteiger partial charge in [-0.25, -0.2) is 4.68 Å². The maximum Gasteiger partial charge on any atom is 0.406 e. The molecule has 10 heteroatoms. The van der Waals surface area contributed by atoms with E-state index in [4.69, 9.17) is 4.74 Å². The second kappa shape index (κ2) is 10.5. The summed E-state index contributed by atoms with van der Waals surface area (Å²) in [6.45, 7) is 2.79. The van der Waals surface area contributed by atoms with Crippen molar-refractivity contribution in [2.45, 2.75) is 44.8 Å². The van der Waals surface area contributed by atoms with Gasteiger partial charge in [0.05, 0.1) is 13.3 Å². The number of aryl methyl sites for hydroxylation is 1. The van der Waals surface area contributed by atoms with Gasteiger partial charge in [-0.15, -0.1) is 5.10 Å². The first-order valence-corrected chi connectivity index (χ1v) is 12.7. The summed E-state index contributed by atoms with van der Waals surface area (Å²) in [5.41, 5.74) is 4.98. The van der Waals surface area contributed by atoms with Crippen molar-refractivity contribution in [2.24, 2.45) is 0 Å². The van der Waals surface area contributed by atoms with Crippen molar-refractivity contribution in [2.75, 3.05) is 18.6 Å². The zero-order chi connectivity index (χ0) is 27.7. The van der Waals surface area contributed by atoms with E-state index in [9.17, 15) is 18.0 Å². The molecule has 4 aromatic rings. The van der Waals surface area contributed by atoms with Crippen molar-refractivity contribution < 1.29 is 22.7 Å². The first-order chi connectivity index (χ1) is 18.6.